The summed E-state index contributed by atoms with van der Waals surface area (Å²) >= 11 is 0. The van der Waals surface area contributed by atoms with Crippen LogP contribution in [0.25, 0.3) is 0 Å². The molecule has 7 heteroatoms. The van der Waals surface area contributed by atoms with Crippen molar-refractivity contribution in [3.8, 4) is 5.75 Å². The zero-order chi connectivity index (χ0) is 19.0. The summed E-state index contributed by atoms with van der Waals surface area (Å²) in [4.78, 5) is 25.6. The summed E-state index contributed by atoms with van der Waals surface area (Å²) in [6.07, 6.45) is 1.99. The Kier molecular flexibility index (Phi) is 4.12. The number of rotatable bonds is 3. The van der Waals surface area contributed by atoms with Gasteiger partial charge in [0.25, 0.3) is 11.6 Å². The number of fused-ring (bicyclic) bond motifs is 2. The highest BCUT2D eigenvalue weighted by Gasteiger charge is 2.27. The van der Waals surface area contributed by atoms with Crippen LogP contribution in [0.5, 0.6) is 5.75 Å². The summed E-state index contributed by atoms with van der Waals surface area (Å²) in [6.45, 7) is 1.09. The van der Waals surface area contributed by atoms with Gasteiger partial charge in [0.2, 0.25) is 0 Å². The van der Waals surface area contributed by atoms with E-state index < -0.39 is 4.92 Å². The highest BCUT2D eigenvalue weighted by atomic mass is 16.6. The number of para-hydroxylation sites is 1. The van der Waals surface area contributed by atoms with Gasteiger partial charge in [0, 0.05) is 30.2 Å². The van der Waals surface area contributed by atoms with Crippen LogP contribution in [0.4, 0.5) is 11.4 Å². The van der Waals surface area contributed by atoms with Gasteiger partial charge >= 0.3 is 0 Å². The van der Waals surface area contributed by atoms with Gasteiger partial charge in [-0.3, -0.25) is 14.9 Å². The number of carbonyl (C=O) groups is 1. The van der Waals surface area contributed by atoms with Crippen LogP contribution in [-0.2, 0) is 13.1 Å². The Hall–Kier alpha value is -3.61. The summed E-state index contributed by atoms with van der Waals surface area (Å²) in [5.41, 5.74) is 3.04. The summed E-state index contributed by atoms with van der Waals surface area (Å²) in [5.74, 6) is -0.0739. The van der Waals surface area contributed by atoms with Crippen molar-refractivity contribution in [3.63, 3.8) is 0 Å². The fourth-order valence-electron chi connectivity index (χ4n) is 3.38. The first-order valence-corrected chi connectivity index (χ1v) is 8.44. The molecule has 4 rings (SSSR count). The first-order chi connectivity index (χ1) is 13.1. The van der Waals surface area contributed by atoms with Gasteiger partial charge in [-0.2, -0.15) is 0 Å². The Morgan fingerprint density at radius 1 is 1.11 bits per heavy atom. The van der Waals surface area contributed by atoms with Crippen molar-refractivity contribution in [1.29, 1.82) is 0 Å². The van der Waals surface area contributed by atoms with Crippen molar-refractivity contribution in [2.45, 2.75) is 13.1 Å². The fourth-order valence-corrected chi connectivity index (χ4v) is 3.38. The molecule has 3 aromatic rings. The Morgan fingerprint density at radius 2 is 1.93 bits per heavy atom. The molecule has 0 saturated heterocycles. The molecule has 1 amide bonds. The lowest BCUT2D eigenvalue weighted by Crippen LogP contribution is -2.31. The first kappa shape index (κ1) is 16.8. The number of benzene rings is 2. The van der Waals surface area contributed by atoms with Crippen molar-refractivity contribution >= 4 is 17.3 Å². The van der Waals surface area contributed by atoms with E-state index in [4.69, 9.17) is 4.74 Å². The average Bonchev–Trinajstić information content (AvgIpc) is 3.05. The first-order valence-electron chi connectivity index (χ1n) is 8.44. The molecule has 1 aliphatic rings. The fraction of sp³-hybridized carbons (Fsp3) is 0.150. The zero-order valence-electron chi connectivity index (χ0n) is 14.7. The van der Waals surface area contributed by atoms with Crippen LogP contribution in [0.2, 0.25) is 0 Å². The Bertz CT molecular complexity index is 1040. The minimum Gasteiger partial charge on any atom is -0.496 e. The third-order valence-electron chi connectivity index (χ3n) is 4.74. The molecule has 7 nitrogen and oxygen atoms in total. The number of ether oxygens (including phenoxy) is 1. The number of carbonyl (C=O) groups excluding carboxylic acids is 1. The lowest BCUT2D eigenvalue weighted by Gasteiger charge is -2.23. The molecular weight excluding hydrogens is 346 g/mol. The average molecular weight is 363 g/mol. The second-order valence-electron chi connectivity index (χ2n) is 6.29. The van der Waals surface area contributed by atoms with Crippen LogP contribution in [0.15, 0.2) is 60.8 Å². The molecule has 0 fully saturated rings. The molecule has 2 aromatic carbocycles. The number of nitro benzene ring substituents is 1. The minimum absolute atomic E-state index is 0.117. The largest absolute Gasteiger partial charge is 0.496 e. The molecule has 27 heavy (non-hydrogen) atoms. The number of amides is 1. The van der Waals surface area contributed by atoms with Gasteiger partial charge in [0.05, 0.1) is 30.2 Å². The molecule has 0 radical (unpaired) electrons. The SMILES string of the molecule is COc1cc([N+](=O)[O-])ccc1C(=O)N1Cc2cccn2Cc2ccccc21. The minimum atomic E-state index is -0.509. The smallest absolute Gasteiger partial charge is 0.273 e. The third-order valence-corrected chi connectivity index (χ3v) is 4.74. The van der Waals surface area contributed by atoms with Crippen LogP contribution >= 0.6 is 0 Å². The lowest BCUT2D eigenvalue weighted by atomic mass is 10.1. The van der Waals surface area contributed by atoms with E-state index in [2.05, 4.69) is 4.57 Å². The van der Waals surface area contributed by atoms with Crippen molar-refractivity contribution in [2.75, 3.05) is 12.0 Å². The van der Waals surface area contributed by atoms with Gasteiger partial charge in [0.1, 0.15) is 5.75 Å². The second-order valence-corrected chi connectivity index (χ2v) is 6.29. The van der Waals surface area contributed by atoms with E-state index in [0.29, 0.717) is 13.1 Å². The maximum atomic E-state index is 13.4. The summed E-state index contributed by atoms with van der Waals surface area (Å²) in [7, 11) is 1.40. The van der Waals surface area contributed by atoms with Crippen molar-refractivity contribution < 1.29 is 14.5 Å². The second kappa shape index (κ2) is 6.60. The van der Waals surface area contributed by atoms with Crippen molar-refractivity contribution in [1.82, 2.24) is 4.57 Å². The monoisotopic (exact) mass is 363 g/mol. The zero-order valence-corrected chi connectivity index (χ0v) is 14.7. The Morgan fingerprint density at radius 3 is 2.70 bits per heavy atom. The Labute approximate surface area is 155 Å². The van der Waals surface area contributed by atoms with E-state index in [1.165, 1.54) is 25.3 Å². The van der Waals surface area contributed by atoms with E-state index in [0.717, 1.165) is 16.9 Å². The van der Waals surface area contributed by atoms with Crippen molar-refractivity contribution in [2.24, 2.45) is 0 Å². The number of hydrogen-bond acceptors (Lipinski definition) is 4. The molecule has 0 aliphatic carbocycles. The number of anilines is 1. The molecule has 0 spiro atoms. The molecule has 136 valence electrons. The maximum absolute atomic E-state index is 13.4. The predicted molar refractivity (Wildman–Crippen MR) is 100 cm³/mol. The van der Waals surface area contributed by atoms with Gasteiger partial charge in [-0.05, 0) is 29.8 Å². The number of aromatic nitrogens is 1. The van der Waals surface area contributed by atoms with Crippen molar-refractivity contribution in [3.05, 3.63) is 87.7 Å². The van der Waals surface area contributed by atoms with Gasteiger partial charge in [-0.15, -0.1) is 0 Å². The van der Waals surface area contributed by atoms with E-state index in [9.17, 15) is 14.9 Å². The van der Waals surface area contributed by atoms with Gasteiger partial charge < -0.3 is 14.2 Å². The van der Waals surface area contributed by atoms with E-state index in [-0.39, 0.29) is 22.9 Å². The normalized spacial score (nSPS) is 12.7. The van der Waals surface area contributed by atoms with Crippen LogP contribution in [-0.4, -0.2) is 22.5 Å². The highest BCUT2D eigenvalue weighted by molar-refractivity contribution is 6.08. The van der Waals surface area contributed by atoms with Gasteiger partial charge in [-0.1, -0.05) is 18.2 Å². The lowest BCUT2D eigenvalue weighted by molar-refractivity contribution is -0.384. The van der Waals surface area contributed by atoms with Crippen LogP contribution in [0.1, 0.15) is 21.6 Å². The van der Waals surface area contributed by atoms with E-state index >= 15 is 0 Å². The van der Waals surface area contributed by atoms with Crippen LogP contribution < -0.4 is 9.64 Å². The quantitative estimate of drug-likeness (QED) is 0.526. The molecule has 1 aromatic heterocycles. The summed E-state index contributed by atoms with van der Waals surface area (Å²) < 4.78 is 7.37. The standard InChI is InChI=1S/C20H17N3O4/c1-27-19-11-15(23(25)26)8-9-17(19)20(24)22-13-16-6-4-10-21(16)12-14-5-2-3-7-18(14)22/h2-11H,12-13H2,1H3. The van der Waals surface area contributed by atoms with E-state index in [1.807, 2.05) is 42.6 Å². The summed E-state index contributed by atoms with van der Waals surface area (Å²) in [6, 6.07) is 15.7. The van der Waals surface area contributed by atoms with Gasteiger partial charge in [0.15, 0.2) is 0 Å². The molecule has 1 aliphatic heterocycles. The number of non-ortho nitro benzene ring substituents is 1. The third kappa shape index (κ3) is 2.93. The number of hydrogen-bond donors (Lipinski definition) is 0. The van der Waals surface area contributed by atoms with Crippen LogP contribution in [0, 0.1) is 10.1 Å². The molecule has 0 atom stereocenters. The molecule has 0 saturated carbocycles. The number of nitro groups is 1. The topological polar surface area (TPSA) is 77.6 Å². The molecule has 0 N–H and O–H groups in total. The predicted octanol–water partition coefficient (Wildman–Crippen LogP) is 3.61. The number of methoxy groups -OCH3 is 1. The maximum Gasteiger partial charge on any atom is 0.273 e. The number of nitrogens with zero attached hydrogens (tertiary/aromatic N) is 3. The molecule has 2 heterocycles. The van der Waals surface area contributed by atoms with Gasteiger partial charge in [-0.25, -0.2) is 0 Å². The molecule has 0 bridgehead atoms. The summed E-state index contributed by atoms with van der Waals surface area (Å²) in [5, 5.41) is 11.0. The molecule has 0 unspecified atom stereocenters. The molecular formula is C20H17N3O4. The highest BCUT2D eigenvalue weighted by Crippen LogP contribution is 2.32. The Balaban J connectivity index is 1.80. The van der Waals surface area contributed by atoms with Crippen LogP contribution in [0.3, 0.4) is 0 Å². The van der Waals surface area contributed by atoms with E-state index in [1.54, 1.807) is 4.90 Å².